The Hall–Kier alpha value is -1.14. The normalized spacial score (nSPS) is 17.8. The van der Waals surface area contributed by atoms with Crippen molar-refractivity contribution in [3.63, 3.8) is 0 Å². The zero-order valence-electron chi connectivity index (χ0n) is 13.0. The summed E-state index contributed by atoms with van der Waals surface area (Å²) < 4.78 is 10.2. The molecule has 0 unspecified atom stereocenters. The van der Waals surface area contributed by atoms with Crippen molar-refractivity contribution in [1.82, 2.24) is 9.80 Å². The van der Waals surface area contributed by atoms with Crippen molar-refractivity contribution in [3.05, 3.63) is 0 Å². The van der Waals surface area contributed by atoms with E-state index in [1.807, 2.05) is 25.7 Å². The third kappa shape index (κ3) is 6.86. The number of ether oxygens (including phenoxy) is 2. The molecular formula is C14H26N2O4. The van der Waals surface area contributed by atoms with Gasteiger partial charge in [0.15, 0.2) is 0 Å². The molecule has 6 nitrogen and oxygen atoms in total. The van der Waals surface area contributed by atoms with Gasteiger partial charge in [-0.15, -0.1) is 0 Å². The highest BCUT2D eigenvalue weighted by molar-refractivity contribution is 5.72. The van der Waals surface area contributed by atoms with Gasteiger partial charge in [-0.1, -0.05) is 0 Å². The van der Waals surface area contributed by atoms with Crippen LogP contribution in [-0.2, 0) is 19.1 Å². The second-order valence-corrected chi connectivity index (χ2v) is 5.94. The lowest BCUT2D eigenvalue weighted by Gasteiger charge is -2.33. The Morgan fingerprint density at radius 3 is 1.80 bits per heavy atom. The number of nitrogens with zero attached hydrogens (tertiary/aromatic N) is 2. The van der Waals surface area contributed by atoms with Crippen LogP contribution in [0.3, 0.4) is 0 Å². The van der Waals surface area contributed by atoms with Crippen LogP contribution in [0.5, 0.6) is 0 Å². The lowest BCUT2D eigenvalue weighted by molar-refractivity contribution is -0.157. The van der Waals surface area contributed by atoms with E-state index in [0.29, 0.717) is 19.7 Å². The molecule has 1 rings (SSSR count). The molecule has 1 aliphatic heterocycles. The van der Waals surface area contributed by atoms with Crippen molar-refractivity contribution >= 4 is 11.9 Å². The van der Waals surface area contributed by atoms with Gasteiger partial charge < -0.3 is 9.47 Å². The summed E-state index contributed by atoms with van der Waals surface area (Å²) in [4.78, 5) is 27.2. The second kappa shape index (κ2) is 7.59. The molecule has 1 aliphatic rings. The molecule has 1 fully saturated rings. The van der Waals surface area contributed by atoms with Gasteiger partial charge in [-0.2, -0.15) is 0 Å². The maximum atomic E-state index is 11.7. The summed E-state index contributed by atoms with van der Waals surface area (Å²) in [5.41, 5.74) is -0.442. The van der Waals surface area contributed by atoms with Crippen molar-refractivity contribution in [1.29, 1.82) is 0 Å². The molecule has 0 aromatic rings. The lowest BCUT2D eigenvalue weighted by Crippen LogP contribution is -2.49. The first-order valence-corrected chi connectivity index (χ1v) is 7.12. The van der Waals surface area contributed by atoms with E-state index >= 15 is 0 Å². The first-order valence-electron chi connectivity index (χ1n) is 7.12. The molecule has 0 N–H and O–H groups in total. The minimum absolute atomic E-state index is 0.187. The molecule has 0 atom stereocenters. The summed E-state index contributed by atoms with van der Waals surface area (Å²) >= 11 is 0. The van der Waals surface area contributed by atoms with Crippen molar-refractivity contribution < 1.29 is 19.1 Å². The SMILES string of the molecule is CCOC(=O)CN1CCN(CC(=O)OC(C)(C)C)CC1. The molecule has 0 spiro atoms. The van der Waals surface area contributed by atoms with Crippen LogP contribution in [0.25, 0.3) is 0 Å². The minimum Gasteiger partial charge on any atom is -0.465 e. The van der Waals surface area contributed by atoms with Gasteiger partial charge >= 0.3 is 11.9 Å². The van der Waals surface area contributed by atoms with Gasteiger partial charge in [0, 0.05) is 26.2 Å². The summed E-state index contributed by atoms with van der Waals surface area (Å²) in [6.45, 7) is 11.5. The Bertz CT molecular complexity index is 331. The fourth-order valence-electron chi connectivity index (χ4n) is 2.05. The smallest absolute Gasteiger partial charge is 0.320 e. The Morgan fingerprint density at radius 2 is 1.40 bits per heavy atom. The molecule has 0 aromatic carbocycles. The van der Waals surface area contributed by atoms with E-state index in [-0.39, 0.29) is 11.9 Å². The number of hydrogen-bond acceptors (Lipinski definition) is 6. The van der Waals surface area contributed by atoms with Gasteiger partial charge in [-0.25, -0.2) is 0 Å². The topological polar surface area (TPSA) is 59.1 Å². The van der Waals surface area contributed by atoms with Gasteiger partial charge in [0.05, 0.1) is 19.7 Å². The molecule has 1 heterocycles. The van der Waals surface area contributed by atoms with Crippen LogP contribution < -0.4 is 0 Å². The van der Waals surface area contributed by atoms with E-state index < -0.39 is 5.60 Å². The molecule has 116 valence electrons. The molecule has 6 heteroatoms. The summed E-state index contributed by atoms with van der Waals surface area (Å²) in [5, 5.41) is 0. The van der Waals surface area contributed by atoms with E-state index in [2.05, 4.69) is 4.90 Å². The van der Waals surface area contributed by atoms with Crippen molar-refractivity contribution in [3.8, 4) is 0 Å². The summed E-state index contributed by atoms with van der Waals surface area (Å²) in [6, 6.07) is 0. The van der Waals surface area contributed by atoms with Gasteiger partial charge in [-0.3, -0.25) is 19.4 Å². The average Bonchev–Trinajstić information content (AvgIpc) is 2.29. The molecule has 0 bridgehead atoms. The molecular weight excluding hydrogens is 260 g/mol. The Kier molecular flexibility index (Phi) is 6.42. The first-order chi connectivity index (χ1) is 9.30. The quantitative estimate of drug-likeness (QED) is 0.686. The molecule has 1 saturated heterocycles. The van der Waals surface area contributed by atoms with Crippen LogP contribution in [-0.4, -0.2) is 73.2 Å². The highest BCUT2D eigenvalue weighted by Crippen LogP contribution is 2.08. The number of hydrogen-bond donors (Lipinski definition) is 0. The van der Waals surface area contributed by atoms with Crippen LogP contribution in [0, 0.1) is 0 Å². The monoisotopic (exact) mass is 286 g/mol. The van der Waals surface area contributed by atoms with Gasteiger partial charge in [0.2, 0.25) is 0 Å². The van der Waals surface area contributed by atoms with Crippen molar-refractivity contribution in [2.24, 2.45) is 0 Å². The van der Waals surface area contributed by atoms with E-state index in [0.717, 1.165) is 26.2 Å². The lowest BCUT2D eigenvalue weighted by atomic mass is 10.2. The average molecular weight is 286 g/mol. The number of rotatable bonds is 5. The fraction of sp³-hybridized carbons (Fsp3) is 0.857. The number of carbonyl (C=O) groups excluding carboxylic acids is 2. The van der Waals surface area contributed by atoms with E-state index in [4.69, 9.17) is 9.47 Å². The van der Waals surface area contributed by atoms with Crippen LogP contribution in [0.1, 0.15) is 27.7 Å². The molecule has 0 aliphatic carbocycles. The van der Waals surface area contributed by atoms with Crippen LogP contribution in [0.15, 0.2) is 0 Å². The largest absolute Gasteiger partial charge is 0.465 e. The van der Waals surface area contributed by atoms with Crippen LogP contribution in [0.2, 0.25) is 0 Å². The van der Waals surface area contributed by atoms with E-state index in [9.17, 15) is 9.59 Å². The van der Waals surface area contributed by atoms with Gasteiger partial charge in [0.1, 0.15) is 5.60 Å². The molecule has 0 saturated carbocycles. The Morgan fingerprint density at radius 1 is 0.950 bits per heavy atom. The Balaban J connectivity index is 2.25. The zero-order valence-corrected chi connectivity index (χ0v) is 13.0. The number of carbonyl (C=O) groups is 2. The van der Waals surface area contributed by atoms with Gasteiger partial charge in [0.25, 0.3) is 0 Å². The predicted octanol–water partition coefficient (Wildman–Crippen LogP) is 0.509. The fourth-order valence-corrected chi connectivity index (χ4v) is 2.05. The molecule has 20 heavy (non-hydrogen) atoms. The predicted molar refractivity (Wildman–Crippen MR) is 75.4 cm³/mol. The summed E-state index contributed by atoms with van der Waals surface area (Å²) in [5.74, 6) is -0.385. The zero-order chi connectivity index (χ0) is 15.2. The van der Waals surface area contributed by atoms with Crippen molar-refractivity contribution in [2.75, 3.05) is 45.9 Å². The molecule has 0 amide bonds. The van der Waals surface area contributed by atoms with Gasteiger partial charge in [-0.05, 0) is 27.7 Å². The number of esters is 2. The second-order valence-electron chi connectivity index (χ2n) is 5.94. The molecule has 0 radical (unpaired) electrons. The van der Waals surface area contributed by atoms with Crippen LogP contribution in [0.4, 0.5) is 0 Å². The maximum absolute atomic E-state index is 11.7. The van der Waals surface area contributed by atoms with E-state index in [1.165, 1.54) is 0 Å². The Labute approximate surface area is 121 Å². The van der Waals surface area contributed by atoms with Crippen molar-refractivity contribution in [2.45, 2.75) is 33.3 Å². The standard InChI is InChI=1S/C14H26N2O4/c1-5-19-12(17)10-15-6-8-16(9-7-15)11-13(18)20-14(2,3)4/h5-11H2,1-4H3. The highest BCUT2D eigenvalue weighted by atomic mass is 16.6. The minimum atomic E-state index is -0.442. The first kappa shape index (κ1) is 16.9. The third-order valence-electron chi connectivity index (χ3n) is 2.90. The highest BCUT2D eigenvalue weighted by Gasteiger charge is 2.23. The number of piperazine rings is 1. The summed E-state index contributed by atoms with van der Waals surface area (Å²) in [6.07, 6.45) is 0. The van der Waals surface area contributed by atoms with Crippen LogP contribution >= 0.6 is 0 Å². The van der Waals surface area contributed by atoms with E-state index in [1.54, 1.807) is 6.92 Å². The maximum Gasteiger partial charge on any atom is 0.320 e. The molecule has 0 aromatic heterocycles. The summed E-state index contributed by atoms with van der Waals surface area (Å²) in [7, 11) is 0. The third-order valence-corrected chi connectivity index (χ3v) is 2.90.